The maximum absolute atomic E-state index is 11.8. The summed E-state index contributed by atoms with van der Waals surface area (Å²) in [6.07, 6.45) is 0. The first kappa shape index (κ1) is 13.7. The highest BCUT2D eigenvalue weighted by Crippen LogP contribution is 2.10. The third-order valence-electron chi connectivity index (χ3n) is 2.45. The fourth-order valence-electron chi connectivity index (χ4n) is 1.44. The molecular formula is C13H9N3O3S. The van der Waals surface area contributed by atoms with E-state index in [0.29, 0.717) is 16.1 Å². The molecular weight excluding hydrogens is 278 g/mol. The number of nitrogens with zero attached hydrogens (tertiary/aromatic N) is 2. The molecule has 2 rings (SSSR count). The minimum Gasteiger partial charge on any atom is -0.476 e. The van der Waals surface area contributed by atoms with Crippen LogP contribution in [0.15, 0.2) is 29.6 Å². The number of carbonyl (C=O) groups is 2. The van der Waals surface area contributed by atoms with Gasteiger partial charge in [-0.15, -0.1) is 11.3 Å². The van der Waals surface area contributed by atoms with Crippen molar-refractivity contribution in [1.82, 2.24) is 10.3 Å². The second kappa shape index (κ2) is 5.95. The van der Waals surface area contributed by atoms with Crippen molar-refractivity contribution in [3.05, 3.63) is 51.5 Å². The summed E-state index contributed by atoms with van der Waals surface area (Å²) in [5.41, 5.74) is 0.879. The van der Waals surface area contributed by atoms with Crippen LogP contribution >= 0.6 is 11.3 Å². The van der Waals surface area contributed by atoms with Crippen LogP contribution in [0.2, 0.25) is 0 Å². The van der Waals surface area contributed by atoms with Gasteiger partial charge in [0.15, 0.2) is 5.69 Å². The van der Waals surface area contributed by atoms with E-state index in [0.717, 1.165) is 0 Å². The summed E-state index contributed by atoms with van der Waals surface area (Å²) < 4.78 is 0. The quantitative estimate of drug-likeness (QED) is 0.889. The molecule has 1 aromatic carbocycles. The molecule has 2 N–H and O–H groups in total. The highest BCUT2D eigenvalue weighted by atomic mass is 32.1. The summed E-state index contributed by atoms with van der Waals surface area (Å²) in [5, 5.41) is 22.0. The molecule has 0 spiro atoms. The van der Waals surface area contributed by atoms with Crippen molar-refractivity contribution in [2.75, 3.05) is 0 Å². The molecule has 0 atom stereocenters. The number of aromatic nitrogens is 1. The second-order valence-corrected chi connectivity index (χ2v) is 4.75. The maximum atomic E-state index is 11.8. The van der Waals surface area contributed by atoms with E-state index >= 15 is 0 Å². The number of carboxylic acid groups (broad SMARTS) is 1. The number of aromatic carboxylic acids is 1. The van der Waals surface area contributed by atoms with Crippen molar-refractivity contribution in [3.8, 4) is 6.07 Å². The molecule has 7 heteroatoms. The number of rotatable bonds is 4. The number of amides is 1. The largest absolute Gasteiger partial charge is 0.476 e. The van der Waals surface area contributed by atoms with Crippen LogP contribution in [0.25, 0.3) is 0 Å². The number of nitriles is 1. The average Bonchev–Trinajstić information content (AvgIpc) is 2.94. The number of hydrogen-bond acceptors (Lipinski definition) is 5. The van der Waals surface area contributed by atoms with Crippen LogP contribution in [0.5, 0.6) is 0 Å². The zero-order valence-electron chi connectivity index (χ0n) is 10.2. The normalized spacial score (nSPS) is 9.75. The van der Waals surface area contributed by atoms with Gasteiger partial charge >= 0.3 is 5.97 Å². The topological polar surface area (TPSA) is 103 Å². The van der Waals surface area contributed by atoms with Gasteiger partial charge < -0.3 is 10.4 Å². The Labute approximate surface area is 118 Å². The third kappa shape index (κ3) is 3.18. The Morgan fingerprint density at radius 2 is 2.05 bits per heavy atom. The minimum atomic E-state index is -1.09. The predicted octanol–water partition coefficient (Wildman–Crippen LogP) is 1.64. The van der Waals surface area contributed by atoms with Gasteiger partial charge in [-0.1, -0.05) is 0 Å². The molecule has 0 aliphatic heterocycles. The molecule has 20 heavy (non-hydrogen) atoms. The molecule has 0 aliphatic carbocycles. The number of carboxylic acids is 1. The summed E-state index contributed by atoms with van der Waals surface area (Å²) in [7, 11) is 0. The molecule has 1 heterocycles. The first-order valence-electron chi connectivity index (χ1n) is 5.56. The summed E-state index contributed by atoms with van der Waals surface area (Å²) >= 11 is 1.17. The van der Waals surface area contributed by atoms with Gasteiger partial charge in [-0.2, -0.15) is 5.26 Å². The molecule has 100 valence electrons. The van der Waals surface area contributed by atoms with Gasteiger partial charge in [0.2, 0.25) is 0 Å². The Morgan fingerprint density at radius 3 is 2.60 bits per heavy atom. The van der Waals surface area contributed by atoms with Gasteiger partial charge in [-0.3, -0.25) is 4.79 Å². The molecule has 1 aromatic heterocycles. The van der Waals surface area contributed by atoms with Crippen LogP contribution in [-0.2, 0) is 6.54 Å². The zero-order chi connectivity index (χ0) is 14.5. The van der Waals surface area contributed by atoms with Crippen LogP contribution in [0.3, 0.4) is 0 Å². The SMILES string of the molecule is N#Cc1ccc(C(=O)NCc2nc(C(=O)O)cs2)cc1. The summed E-state index contributed by atoms with van der Waals surface area (Å²) in [5.74, 6) is -1.40. The smallest absolute Gasteiger partial charge is 0.355 e. The van der Waals surface area contributed by atoms with Crippen molar-refractivity contribution >= 4 is 23.2 Å². The molecule has 0 saturated carbocycles. The monoisotopic (exact) mass is 287 g/mol. The van der Waals surface area contributed by atoms with Crippen LogP contribution in [-0.4, -0.2) is 22.0 Å². The summed E-state index contributed by atoms with van der Waals surface area (Å²) in [6, 6.07) is 8.19. The molecule has 0 saturated heterocycles. The van der Waals surface area contributed by atoms with Gasteiger partial charge in [0.05, 0.1) is 18.2 Å². The number of hydrogen-bond donors (Lipinski definition) is 2. The van der Waals surface area contributed by atoms with Gasteiger partial charge in [-0.05, 0) is 24.3 Å². The Balaban J connectivity index is 1.97. The highest BCUT2D eigenvalue weighted by molar-refractivity contribution is 7.09. The first-order valence-corrected chi connectivity index (χ1v) is 6.44. The number of benzene rings is 1. The lowest BCUT2D eigenvalue weighted by molar-refractivity contribution is 0.0691. The lowest BCUT2D eigenvalue weighted by Crippen LogP contribution is -2.22. The summed E-state index contributed by atoms with van der Waals surface area (Å²) in [6.45, 7) is 0.163. The molecule has 0 fully saturated rings. The van der Waals surface area contributed by atoms with Crippen molar-refractivity contribution in [2.45, 2.75) is 6.54 Å². The number of nitrogens with one attached hydrogen (secondary N) is 1. The molecule has 1 amide bonds. The summed E-state index contributed by atoms with van der Waals surface area (Å²) in [4.78, 5) is 26.4. The number of carbonyl (C=O) groups excluding carboxylic acids is 1. The predicted molar refractivity (Wildman–Crippen MR) is 71.4 cm³/mol. The van der Waals surface area contributed by atoms with Gasteiger partial charge in [-0.25, -0.2) is 9.78 Å². The fourth-order valence-corrected chi connectivity index (χ4v) is 2.15. The van der Waals surface area contributed by atoms with Gasteiger partial charge in [0, 0.05) is 10.9 Å². The standard InChI is InChI=1S/C13H9N3O3S/c14-5-8-1-3-9(4-2-8)12(17)15-6-11-16-10(7-20-11)13(18)19/h1-4,7H,6H2,(H,15,17)(H,18,19). The molecule has 0 bridgehead atoms. The highest BCUT2D eigenvalue weighted by Gasteiger charge is 2.10. The minimum absolute atomic E-state index is 0.0300. The Hall–Kier alpha value is -2.72. The van der Waals surface area contributed by atoms with E-state index in [9.17, 15) is 9.59 Å². The van der Waals surface area contributed by atoms with E-state index in [4.69, 9.17) is 10.4 Å². The number of thiazole rings is 1. The first-order chi connectivity index (χ1) is 9.60. The average molecular weight is 287 g/mol. The second-order valence-electron chi connectivity index (χ2n) is 3.80. The van der Waals surface area contributed by atoms with E-state index in [1.807, 2.05) is 6.07 Å². The van der Waals surface area contributed by atoms with Crippen LogP contribution < -0.4 is 5.32 Å². The van der Waals surface area contributed by atoms with Gasteiger partial charge in [0.25, 0.3) is 5.91 Å². The Morgan fingerprint density at radius 1 is 1.35 bits per heavy atom. The lowest BCUT2D eigenvalue weighted by Gasteiger charge is -2.02. The Kier molecular flexibility index (Phi) is 4.08. The van der Waals surface area contributed by atoms with E-state index in [-0.39, 0.29) is 18.1 Å². The molecule has 2 aromatic rings. The van der Waals surface area contributed by atoms with E-state index < -0.39 is 5.97 Å². The molecule has 0 radical (unpaired) electrons. The fraction of sp³-hybridized carbons (Fsp3) is 0.0769. The van der Waals surface area contributed by atoms with Crippen LogP contribution in [0, 0.1) is 11.3 Å². The zero-order valence-corrected chi connectivity index (χ0v) is 11.0. The van der Waals surface area contributed by atoms with Gasteiger partial charge in [0.1, 0.15) is 5.01 Å². The molecule has 0 aliphatic rings. The Bertz CT molecular complexity index is 686. The maximum Gasteiger partial charge on any atom is 0.355 e. The van der Waals surface area contributed by atoms with E-state index in [2.05, 4.69) is 10.3 Å². The van der Waals surface area contributed by atoms with Crippen LogP contribution in [0.1, 0.15) is 31.4 Å². The third-order valence-corrected chi connectivity index (χ3v) is 3.30. The van der Waals surface area contributed by atoms with Crippen molar-refractivity contribution in [2.24, 2.45) is 0 Å². The lowest BCUT2D eigenvalue weighted by atomic mass is 10.1. The van der Waals surface area contributed by atoms with Crippen molar-refractivity contribution in [1.29, 1.82) is 5.26 Å². The molecule has 0 unspecified atom stereocenters. The van der Waals surface area contributed by atoms with Crippen molar-refractivity contribution in [3.63, 3.8) is 0 Å². The van der Waals surface area contributed by atoms with E-state index in [1.165, 1.54) is 16.7 Å². The van der Waals surface area contributed by atoms with Crippen LogP contribution in [0.4, 0.5) is 0 Å². The molecule has 6 nitrogen and oxygen atoms in total. The van der Waals surface area contributed by atoms with E-state index in [1.54, 1.807) is 24.3 Å². The van der Waals surface area contributed by atoms with Crippen molar-refractivity contribution < 1.29 is 14.7 Å².